The molecule has 0 aliphatic rings. The zero-order valence-corrected chi connectivity index (χ0v) is 11.8. The zero-order valence-electron chi connectivity index (χ0n) is 11.8. The summed E-state index contributed by atoms with van der Waals surface area (Å²) in [7, 11) is 1.40. The average Bonchev–Trinajstić information content (AvgIpc) is 2.48. The van der Waals surface area contributed by atoms with Crippen molar-refractivity contribution >= 4 is 12.1 Å². The molecule has 0 unspecified atom stereocenters. The van der Waals surface area contributed by atoms with Crippen LogP contribution in [0.2, 0.25) is 0 Å². The van der Waals surface area contributed by atoms with Crippen molar-refractivity contribution in [3.8, 4) is 5.75 Å². The van der Waals surface area contributed by atoms with E-state index in [-0.39, 0.29) is 11.7 Å². The summed E-state index contributed by atoms with van der Waals surface area (Å²) in [6.07, 6.45) is 1.37. The van der Waals surface area contributed by atoms with Crippen molar-refractivity contribution < 1.29 is 13.9 Å². The van der Waals surface area contributed by atoms with Crippen LogP contribution in [0.15, 0.2) is 47.6 Å². The molecule has 2 rings (SSSR count). The molecule has 0 atom stereocenters. The SMILES string of the molecule is COc1ccc(/C=N\NC(=O)c2ccccc2C)cc1F. The molecule has 0 aliphatic carbocycles. The number of hydrazone groups is 1. The molecule has 0 heterocycles. The molecule has 4 nitrogen and oxygen atoms in total. The number of halogens is 1. The van der Waals surface area contributed by atoms with Crippen molar-refractivity contribution in [2.24, 2.45) is 5.10 Å². The highest BCUT2D eigenvalue weighted by atomic mass is 19.1. The lowest BCUT2D eigenvalue weighted by Crippen LogP contribution is -2.18. The van der Waals surface area contributed by atoms with Crippen LogP contribution in [0, 0.1) is 12.7 Å². The number of nitrogens with one attached hydrogen (secondary N) is 1. The van der Waals surface area contributed by atoms with Crippen molar-refractivity contribution in [3.63, 3.8) is 0 Å². The van der Waals surface area contributed by atoms with Crippen LogP contribution in [-0.2, 0) is 0 Å². The van der Waals surface area contributed by atoms with Gasteiger partial charge in [0.2, 0.25) is 0 Å². The zero-order chi connectivity index (χ0) is 15.2. The van der Waals surface area contributed by atoms with Gasteiger partial charge in [-0.2, -0.15) is 5.10 Å². The second-order valence-electron chi connectivity index (χ2n) is 4.41. The molecule has 108 valence electrons. The highest BCUT2D eigenvalue weighted by Crippen LogP contribution is 2.16. The highest BCUT2D eigenvalue weighted by molar-refractivity contribution is 5.96. The van der Waals surface area contributed by atoms with Crippen LogP contribution in [-0.4, -0.2) is 19.2 Å². The molecule has 0 fully saturated rings. The lowest BCUT2D eigenvalue weighted by Gasteiger charge is -2.03. The Morgan fingerprint density at radius 2 is 2.05 bits per heavy atom. The summed E-state index contributed by atoms with van der Waals surface area (Å²) in [5.74, 6) is -0.624. The summed E-state index contributed by atoms with van der Waals surface area (Å²) >= 11 is 0. The molecular weight excluding hydrogens is 271 g/mol. The Labute approximate surface area is 122 Å². The van der Waals surface area contributed by atoms with E-state index in [1.807, 2.05) is 19.1 Å². The number of nitrogens with zero attached hydrogens (tertiary/aromatic N) is 1. The Bertz CT molecular complexity index is 684. The number of rotatable bonds is 4. The van der Waals surface area contributed by atoms with Gasteiger partial charge in [-0.25, -0.2) is 9.82 Å². The lowest BCUT2D eigenvalue weighted by atomic mass is 10.1. The molecule has 0 bridgehead atoms. The minimum Gasteiger partial charge on any atom is -0.494 e. The van der Waals surface area contributed by atoms with Gasteiger partial charge in [-0.3, -0.25) is 4.79 Å². The highest BCUT2D eigenvalue weighted by Gasteiger charge is 2.06. The van der Waals surface area contributed by atoms with Crippen molar-refractivity contribution in [2.45, 2.75) is 6.92 Å². The lowest BCUT2D eigenvalue weighted by molar-refractivity contribution is 0.0954. The van der Waals surface area contributed by atoms with Crippen LogP contribution in [0.1, 0.15) is 21.5 Å². The second kappa shape index (κ2) is 6.65. The third-order valence-electron chi connectivity index (χ3n) is 2.95. The Morgan fingerprint density at radius 3 is 2.71 bits per heavy atom. The Balaban J connectivity index is 2.04. The van der Waals surface area contributed by atoms with E-state index >= 15 is 0 Å². The first-order chi connectivity index (χ1) is 10.1. The predicted molar refractivity (Wildman–Crippen MR) is 79.2 cm³/mol. The van der Waals surface area contributed by atoms with Crippen molar-refractivity contribution in [2.75, 3.05) is 7.11 Å². The van der Waals surface area contributed by atoms with E-state index in [1.54, 1.807) is 18.2 Å². The standard InChI is InChI=1S/C16H15FN2O2/c1-11-5-3-4-6-13(11)16(20)19-18-10-12-7-8-15(21-2)14(17)9-12/h3-10H,1-2H3,(H,19,20)/b18-10-. The first-order valence-corrected chi connectivity index (χ1v) is 6.34. The maximum absolute atomic E-state index is 13.5. The Kier molecular flexibility index (Phi) is 4.66. The molecule has 1 N–H and O–H groups in total. The van der Waals surface area contributed by atoms with Gasteiger partial charge in [0.05, 0.1) is 13.3 Å². The number of ether oxygens (including phenoxy) is 1. The fraction of sp³-hybridized carbons (Fsp3) is 0.125. The summed E-state index contributed by atoms with van der Waals surface area (Å²) in [6.45, 7) is 1.84. The number of carbonyl (C=O) groups is 1. The topological polar surface area (TPSA) is 50.7 Å². The summed E-state index contributed by atoms with van der Waals surface area (Å²) < 4.78 is 18.3. The number of hydrogen-bond donors (Lipinski definition) is 1. The third-order valence-corrected chi connectivity index (χ3v) is 2.95. The molecule has 0 spiro atoms. The van der Waals surface area contributed by atoms with Gasteiger partial charge >= 0.3 is 0 Å². The van der Waals surface area contributed by atoms with Crippen LogP contribution in [0.4, 0.5) is 4.39 Å². The minimum absolute atomic E-state index is 0.163. The molecule has 0 aromatic heterocycles. The number of methoxy groups -OCH3 is 1. The van der Waals surface area contributed by atoms with Gasteiger partial charge in [0.25, 0.3) is 5.91 Å². The molecule has 1 amide bonds. The first kappa shape index (κ1) is 14.7. The van der Waals surface area contributed by atoms with Crippen LogP contribution >= 0.6 is 0 Å². The normalized spacial score (nSPS) is 10.6. The summed E-state index contributed by atoms with van der Waals surface area (Å²) in [6, 6.07) is 11.6. The van der Waals surface area contributed by atoms with Gasteiger partial charge in [-0.15, -0.1) is 0 Å². The van der Waals surface area contributed by atoms with Crippen LogP contribution in [0.3, 0.4) is 0 Å². The molecule has 2 aromatic carbocycles. The van der Waals surface area contributed by atoms with Gasteiger partial charge in [0.1, 0.15) is 0 Å². The molecule has 0 saturated carbocycles. The number of aryl methyl sites for hydroxylation is 1. The molecule has 0 saturated heterocycles. The quantitative estimate of drug-likeness (QED) is 0.694. The van der Waals surface area contributed by atoms with E-state index < -0.39 is 5.82 Å². The van der Waals surface area contributed by atoms with Crippen molar-refractivity contribution in [1.29, 1.82) is 0 Å². The van der Waals surface area contributed by atoms with Crippen LogP contribution in [0.5, 0.6) is 5.75 Å². The van der Waals surface area contributed by atoms with E-state index in [2.05, 4.69) is 10.5 Å². The van der Waals surface area contributed by atoms with E-state index in [4.69, 9.17) is 4.74 Å². The van der Waals surface area contributed by atoms with Crippen molar-refractivity contribution in [3.05, 3.63) is 65.0 Å². The molecule has 0 radical (unpaired) electrons. The van der Waals surface area contributed by atoms with E-state index in [1.165, 1.54) is 25.5 Å². The van der Waals surface area contributed by atoms with Gasteiger partial charge in [-0.1, -0.05) is 18.2 Å². The largest absolute Gasteiger partial charge is 0.494 e. The van der Waals surface area contributed by atoms with Gasteiger partial charge in [-0.05, 0) is 42.3 Å². The smallest absolute Gasteiger partial charge is 0.271 e. The maximum atomic E-state index is 13.5. The molecular formula is C16H15FN2O2. The van der Waals surface area contributed by atoms with Gasteiger partial charge in [0.15, 0.2) is 11.6 Å². The number of benzene rings is 2. The average molecular weight is 286 g/mol. The Hall–Kier alpha value is -2.69. The summed E-state index contributed by atoms with van der Waals surface area (Å²) in [5, 5.41) is 3.82. The molecule has 5 heteroatoms. The van der Waals surface area contributed by atoms with Gasteiger partial charge in [0, 0.05) is 5.56 Å². The van der Waals surface area contributed by atoms with Crippen LogP contribution in [0.25, 0.3) is 0 Å². The number of hydrogen-bond acceptors (Lipinski definition) is 3. The number of carbonyl (C=O) groups excluding carboxylic acids is 1. The third kappa shape index (κ3) is 3.66. The van der Waals surface area contributed by atoms with Crippen molar-refractivity contribution in [1.82, 2.24) is 5.43 Å². The first-order valence-electron chi connectivity index (χ1n) is 6.34. The predicted octanol–water partition coefficient (Wildman–Crippen LogP) is 2.91. The fourth-order valence-electron chi connectivity index (χ4n) is 1.82. The second-order valence-corrected chi connectivity index (χ2v) is 4.41. The molecule has 2 aromatic rings. The van der Waals surface area contributed by atoms with Crippen LogP contribution < -0.4 is 10.2 Å². The van der Waals surface area contributed by atoms with E-state index in [0.29, 0.717) is 11.1 Å². The van der Waals surface area contributed by atoms with Gasteiger partial charge < -0.3 is 4.74 Å². The maximum Gasteiger partial charge on any atom is 0.271 e. The fourth-order valence-corrected chi connectivity index (χ4v) is 1.82. The summed E-state index contributed by atoms with van der Waals surface area (Å²) in [5.41, 5.74) is 4.35. The summed E-state index contributed by atoms with van der Waals surface area (Å²) in [4.78, 5) is 11.9. The molecule has 21 heavy (non-hydrogen) atoms. The number of amides is 1. The van der Waals surface area contributed by atoms with E-state index in [9.17, 15) is 9.18 Å². The minimum atomic E-state index is -0.480. The monoisotopic (exact) mass is 286 g/mol. The van der Waals surface area contributed by atoms with E-state index in [0.717, 1.165) is 5.56 Å². The molecule has 0 aliphatic heterocycles. The Morgan fingerprint density at radius 1 is 1.29 bits per heavy atom.